The number of nitrogens with one attached hydrogen (secondary N) is 2. The molecule has 2 atom stereocenters. The first kappa shape index (κ1) is 15.9. The Labute approximate surface area is 102 Å². The van der Waals surface area contributed by atoms with Gasteiger partial charge in [0.2, 0.25) is 11.8 Å². The first-order valence-corrected chi connectivity index (χ1v) is 5.89. The van der Waals surface area contributed by atoms with Crippen LogP contribution in [0.3, 0.4) is 0 Å². The molecular formula is C11H23N3O3. The molecule has 0 bridgehead atoms. The van der Waals surface area contributed by atoms with Gasteiger partial charge in [0.05, 0.1) is 6.61 Å². The number of aliphatic hydroxyl groups excluding tert-OH is 1. The van der Waals surface area contributed by atoms with E-state index in [0.29, 0.717) is 6.54 Å². The van der Waals surface area contributed by atoms with Crippen LogP contribution in [-0.2, 0) is 9.59 Å². The molecule has 17 heavy (non-hydrogen) atoms. The molecule has 6 heteroatoms. The summed E-state index contributed by atoms with van der Waals surface area (Å²) in [5.41, 5.74) is 5.37. The van der Waals surface area contributed by atoms with Crippen LogP contribution in [0.5, 0.6) is 0 Å². The van der Waals surface area contributed by atoms with Crippen molar-refractivity contribution >= 4 is 11.8 Å². The van der Waals surface area contributed by atoms with Crippen molar-refractivity contribution in [2.45, 2.75) is 45.2 Å². The predicted molar refractivity (Wildman–Crippen MR) is 65.2 cm³/mol. The first-order valence-electron chi connectivity index (χ1n) is 5.89. The molecule has 0 aromatic rings. The Morgan fingerprint density at radius 2 is 1.94 bits per heavy atom. The van der Waals surface area contributed by atoms with Crippen LogP contribution < -0.4 is 16.4 Å². The van der Waals surface area contributed by atoms with E-state index in [2.05, 4.69) is 10.6 Å². The summed E-state index contributed by atoms with van der Waals surface area (Å²) in [5, 5.41) is 14.1. The molecule has 0 fully saturated rings. The van der Waals surface area contributed by atoms with E-state index in [1.807, 2.05) is 6.92 Å². The highest BCUT2D eigenvalue weighted by Gasteiger charge is 2.19. The zero-order valence-electron chi connectivity index (χ0n) is 10.5. The minimum Gasteiger partial charge on any atom is -0.394 e. The molecule has 0 saturated heterocycles. The van der Waals surface area contributed by atoms with Crippen molar-refractivity contribution in [2.75, 3.05) is 13.2 Å². The molecule has 100 valence electrons. The van der Waals surface area contributed by atoms with Gasteiger partial charge in [0, 0.05) is 13.0 Å². The van der Waals surface area contributed by atoms with E-state index >= 15 is 0 Å². The number of unbranched alkanes of at least 4 members (excludes halogenated alkanes) is 1. The SMILES string of the molecule is CC(=O)N[C@@H](CO)C(=O)N[C@@H](C)CCCCN. The van der Waals surface area contributed by atoms with Gasteiger partial charge in [0.15, 0.2) is 0 Å². The number of rotatable bonds is 8. The average molecular weight is 245 g/mol. The van der Waals surface area contributed by atoms with Crippen LogP contribution in [0.15, 0.2) is 0 Å². The lowest BCUT2D eigenvalue weighted by molar-refractivity contribution is -0.129. The monoisotopic (exact) mass is 245 g/mol. The van der Waals surface area contributed by atoms with E-state index in [-0.39, 0.29) is 17.9 Å². The molecule has 0 unspecified atom stereocenters. The number of hydrogen-bond acceptors (Lipinski definition) is 4. The second kappa shape index (κ2) is 8.95. The lowest BCUT2D eigenvalue weighted by atomic mass is 10.1. The van der Waals surface area contributed by atoms with E-state index in [4.69, 9.17) is 10.8 Å². The summed E-state index contributed by atoms with van der Waals surface area (Å²) < 4.78 is 0. The van der Waals surface area contributed by atoms with E-state index in [9.17, 15) is 9.59 Å². The topological polar surface area (TPSA) is 104 Å². The number of nitrogens with two attached hydrogens (primary N) is 1. The van der Waals surface area contributed by atoms with E-state index in [1.165, 1.54) is 6.92 Å². The Morgan fingerprint density at radius 3 is 2.41 bits per heavy atom. The van der Waals surface area contributed by atoms with Crippen LogP contribution in [0, 0.1) is 0 Å². The fourth-order valence-electron chi connectivity index (χ4n) is 1.45. The molecular weight excluding hydrogens is 222 g/mol. The van der Waals surface area contributed by atoms with Crippen LogP contribution in [-0.4, -0.2) is 42.2 Å². The van der Waals surface area contributed by atoms with Gasteiger partial charge in [-0.1, -0.05) is 6.42 Å². The molecule has 6 nitrogen and oxygen atoms in total. The molecule has 0 aliphatic heterocycles. The summed E-state index contributed by atoms with van der Waals surface area (Å²) in [5.74, 6) is -0.696. The number of carbonyl (C=O) groups excluding carboxylic acids is 2. The number of hydrogen-bond donors (Lipinski definition) is 4. The maximum atomic E-state index is 11.6. The van der Waals surface area contributed by atoms with E-state index < -0.39 is 12.6 Å². The van der Waals surface area contributed by atoms with Crippen LogP contribution in [0.1, 0.15) is 33.1 Å². The van der Waals surface area contributed by atoms with Gasteiger partial charge in [-0.25, -0.2) is 0 Å². The zero-order chi connectivity index (χ0) is 13.3. The number of carbonyl (C=O) groups is 2. The number of amides is 2. The molecule has 5 N–H and O–H groups in total. The normalized spacial score (nSPS) is 13.9. The Morgan fingerprint density at radius 1 is 1.29 bits per heavy atom. The molecule has 0 aliphatic carbocycles. The second-order valence-corrected chi connectivity index (χ2v) is 4.13. The molecule has 0 aromatic carbocycles. The highest BCUT2D eigenvalue weighted by atomic mass is 16.3. The van der Waals surface area contributed by atoms with Crippen molar-refractivity contribution in [3.8, 4) is 0 Å². The van der Waals surface area contributed by atoms with Crippen LogP contribution in [0.2, 0.25) is 0 Å². The van der Waals surface area contributed by atoms with Crippen molar-refractivity contribution in [3.63, 3.8) is 0 Å². The average Bonchev–Trinajstić information content (AvgIpc) is 2.25. The van der Waals surface area contributed by atoms with Gasteiger partial charge >= 0.3 is 0 Å². The Balaban J connectivity index is 3.99. The Bertz CT molecular complexity index is 246. The van der Waals surface area contributed by atoms with Gasteiger partial charge in [0.1, 0.15) is 6.04 Å². The molecule has 0 aromatic heterocycles. The van der Waals surface area contributed by atoms with Crippen molar-refractivity contribution < 1.29 is 14.7 Å². The maximum Gasteiger partial charge on any atom is 0.245 e. The lowest BCUT2D eigenvalue weighted by Crippen LogP contribution is -2.50. The smallest absolute Gasteiger partial charge is 0.245 e. The van der Waals surface area contributed by atoms with Crippen LogP contribution in [0.4, 0.5) is 0 Å². The van der Waals surface area contributed by atoms with Crippen LogP contribution in [0.25, 0.3) is 0 Å². The molecule has 0 rings (SSSR count). The standard InChI is InChI=1S/C11H23N3O3/c1-8(5-3-4-6-12)13-11(17)10(7-15)14-9(2)16/h8,10,15H,3-7,12H2,1-2H3,(H,13,17)(H,14,16)/t8-,10-/m0/s1. The van der Waals surface area contributed by atoms with Crippen molar-refractivity contribution in [3.05, 3.63) is 0 Å². The second-order valence-electron chi connectivity index (χ2n) is 4.13. The summed E-state index contributed by atoms with van der Waals surface area (Å²) in [7, 11) is 0. The summed E-state index contributed by atoms with van der Waals surface area (Å²) in [4.78, 5) is 22.4. The van der Waals surface area contributed by atoms with Gasteiger partial charge in [-0.05, 0) is 26.3 Å². The third-order valence-electron chi connectivity index (χ3n) is 2.36. The zero-order valence-corrected chi connectivity index (χ0v) is 10.5. The van der Waals surface area contributed by atoms with Gasteiger partial charge in [0.25, 0.3) is 0 Å². The molecule has 0 radical (unpaired) electrons. The Kier molecular flexibility index (Phi) is 8.35. The highest BCUT2D eigenvalue weighted by Crippen LogP contribution is 1.99. The maximum absolute atomic E-state index is 11.6. The van der Waals surface area contributed by atoms with Gasteiger partial charge < -0.3 is 21.5 Å². The lowest BCUT2D eigenvalue weighted by Gasteiger charge is -2.19. The largest absolute Gasteiger partial charge is 0.394 e. The van der Waals surface area contributed by atoms with Gasteiger partial charge in [-0.2, -0.15) is 0 Å². The van der Waals surface area contributed by atoms with Crippen molar-refractivity contribution in [1.82, 2.24) is 10.6 Å². The van der Waals surface area contributed by atoms with E-state index in [1.54, 1.807) is 0 Å². The summed E-state index contributed by atoms with van der Waals surface area (Å²) in [6, 6.07) is -0.860. The number of aliphatic hydroxyl groups is 1. The third-order valence-corrected chi connectivity index (χ3v) is 2.36. The molecule has 2 amide bonds. The van der Waals surface area contributed by atoms with Crippen LogP contribution >= 0.6 is 0 Å². The Hall–Kier alpha value is -1.14. The highest BCUT2D eigenvalue weighted by molar-refractivity contribution is 5.87. The summed E-state index contributed by atoms with van der Waals surface area (Å²) in [6.45, 7) is 3.43. The van der Waals surface area contributed by atoms with Gasteiger partial charge in [-0.3, -0.25) is 9.59 Å². The fraction of sp³-hybridized carbons (Fsp3) is 0.818. The summed E-state index contributed by atoms with van der Waals surface area (Å²) in [6.07, 6.45) is 2.71. The molecule has 0 aliphatic rings. The minimum absolute atomic E-state index is 0.0110. The minimum atomic E-state index is -0.871. The van der Waals surface area contributed by atoms with Crippen molar-refractivity contribution in [2.24, 2.45) is 5.73 Å². The molecule has 0 spiro atoms. The van der Waals surface area contributed by atoms with Gasteiger partial charge in [-0.15, -0.1) is 0 Å². The third kappa shape index (κ3) is 7.70. The summed E-state index contributed by atoms with van der Waals surface area (Å²) >= 11 is 0. The quantitative estimate of drug-likeness (QED) is 0.417. The fourth-order valence-corrected chi connectivity index (χ4v) is 1.45. The molecule has 0 saturated carbocycles. The first-order chi connectivity index (χ1) is 8.01. The molecule has 0 heterocycles. The predicted octanol–water partition coefficient (Wildman–Crippen LogP) is -0.883. The van der Waals surface area contributed by atoms with Crippen molar-refractivity contribution in [1.29, 1.82) is 0 Å². The van der Waals surface area contributed by atoms with E-state index in [0.717, 1.165) is 19.3 Å².